The summed E-state index contributed by atoms with van der Waals surface area (Å²) in [5.74, 6) is 0.122. The van der Waals surface area contributed by atoms with Crippen molar-refractivity contribution in [3.05, 3.63) is 46.1 Å². The topological polar surface area (TPSA) is 93.0 Å². The fourth-order valence-corrected chi connectivity index (χ4v) is 2.88. The lowest BCUT2D eigenvalue weighted by Gasteiger charge is -2.32. The molecule has 1 aliphatic heterocycles. The smallest absolute Gasteiger partial charge is 0.267 e. The van der Waals surface area contributed by atoms with E-state index in [1.54, 1.807) is 24.5 Å². The summed E-state index contributed by atoms with van der Waals surface area (Å²) in [5, 5.41) is 7.19. The molecular formula is C17H22N6O2. The second-order valence-electron chi connectivity index (χ2n) is 6.45. The van der Waals surface area contributed by atoms with Crippen molar-refractivity contribution in [3.8, 4) is 0 Å². The summed E-state index contributed by atoms with van der Waals surface area (Å²) in [6.07, 6.45) is 3.87. The molecule has 0 bridgehead atoms. The molecule has 0 fully saturated rings. The second kappa shape index (κ2) is 7.10. The minimum absolute atomic E-state index is 0.0337. The van der Waals surface area contributed by atoms with Crippen molar-refractivity contribution in [1.29, 1.82) is 0 Å². The van der Waals surface area contributed by atoms with Crippen molar-refractivity contribution in [2.24, 2.45) is 0 Å². The maximum Gasteiger partial charge on any atom is 0.267 e. The van der Waals surface area contributed by atoms with E-state index in [2.05, 4.69) is 20.4 Å². The highest BCUT2D eigenvalue weighted by Gasteiger charge is 2.27. The van der Waals surface area contributed by atoms with Crippen LogP contribution in [-0.2, 0) is 17.8 Å². The van der Waals surface area contributed by atoms with Crippen LogP contribution in [0.2, 0.25) is 0 Å². The molecule has 0 saturated heterocycles. The number of fused-ring (bicyclic) bond motifs is 1. The first-order valence-corrected chi connectivity index (χ1v) is 8.39. The van der Waals surface area contributed by atoms with E-state index in [0.717, 1.165) is 11.3 Å². The minimum atomic E-state index is -0.357. The molecule has 132 valence electrons. The van der Waals surface area contributed by atoms with E-state index in [-0.39, 0.29) is 23.6 Å². The zero-order chi connectivity index (χ0) is 18.0. The molecule has 8 nitrogen and oxygen atoms in total. The van der Waals surface area contributed by atoms with Gasteiger partial charge in [0.25, 0.3) is 5.56 Å². The molecule has 1 unspecified atom stereocenters. The van der Waals surface area contributed by atoms with Crippen LogP contribution in [-0.4, -0.2) is 43.1 Å². The summed E-state index contributed by atoms with van der Waals surface area (Å²) >= 11 is 0. The summed E-state index contributed by atoms with van der Waals surface area (Å²) in [4.78, 5) is 34.6. The van der Waals surface area contributed by atoms with E-state index in [9.17, 15) is 9.59 Å². The number of rotatable bonds is 4. The number of amides is 1. The van der Waals surface area contributed by atoms with Crippen LogP contribution < -0.4 is 10.9 Å². The Balaban J connectivity index is 1.72. The van der Waals surface area contributed by atoms with Gasteiger partial charge in [0.1, 0.15) is 0 Å². The van der Waals surface area contributed by atoms with Crippen LogP contribution in [0.15, 0.2) is 29.3 Å². The molecule has 1 atom stereocenters. The molecule has 0 spiro atoms. The van der Waals surface area contributed by atoms with E-state index in [1.807, 2.05) is 25.7 Å². The van der Waals surface area contributed by atoms with Gasteiger partial charge in [-0.15, -0.1) is 0 Å². The first-order valence-electron chi connectivity index (χ1n) is 8.39. The highest BCUT2D eigenvalue weighted by molar-refractivity contribution is 5.93. The van der Waals surface area contributed by atoms with Crippen LogP contribution in [0.1, 0.15) is 38.1 Å². The summed E-state index contributed by atoms with van der Waals surface area (Å²) < 4.78 is 1.51. The molecule has 1 amide bonds. The van der Waals surface area contributed by atoms with Gasteiger partial charge >= 0.3 is 0 Å². The number of carbonyl (C=O) groups excluding carboxylic acids is 1. The number of hydrogen-bond donors (Lipinski definition) is 1. The predicted molar refractivity (Wildman–Crippen MR) is 93.1 cm³/mol. The molecule has 25 heavy (non-hydrogen) atoms. The molecule has 0 saturated carbocycles. The third-order valence-corrected chi connectivity index (χ3v) is 4.35. The lowest BCUT2D eigenvalue weighted by atomic mass is 10.0. The summed E-state index contributed by atoms with van der Waals surface area (Å²) in [6.45, 7) is 6.95. The average Bonchev–Trinajstić information content (AvgIpc) is 2.60. The maximum absolute atomic E-state index is 12.4. The summed E-state index contributed by atoms with van der Waals surface area (Å²) in [7, 11) is 0. The highest BCUT2D eigenvalue weighted by Crippen LogP contribution is 2.18. The van der Waals surface area contributed by atoms with Crippen LogP contribution in [0.25, 0.3) is 0 Å². The van der Waals surface area contributed by atoms with E-state index in [4.69, 9.17) is 0 Å². The van der Waals surface area contributed by atoms with Gasteiger partial charge in [-0.3, -0.25) is 19.8 Å². The fourth-order valence-electron chi connectivity index (χ4n) is 2.88. The molecule has 0 aromatic carbocycles. The SMILES string of the molecule is CC(C(=O)Nc1ncccn1)N1CCc2nn(C(C)C)c(=O)cc2C1. The van der Waals surface area contributed by atoms with Gasteiger partial charge in [-0.25, -0.2) is 14.6 Å². The molecule has 8 heteroatoms. The Hall–Kier alpha value is -2.61. The summed E-state index contributed by atoms with van der Waals surface area (Å²) in [6, 6.07) is 3.01. The zero-order valence-electron chi connectivity index (χ0n) is 14.6. The molecule has 2 aromatic heterocycles. The van der Waals surface area contributed by atoms with Gasteiger partial charge in [-0.2, -0.15) is 5.10 Å². The van der Waals surface area contributed by atoms with Crippen molar-refractivity contribution in [3.63, 3.8) is 0 Å². The van der Waals surface area contributed by atoms with Crippen molar-refractivity contribution in [2.75, 3.05) is 11.9 Å². The van der Waals surface area contributed by atoms with Crippen LogP contribution in [0.3, 0.4) is 0 Å². The molecule has 1 aliphatic rings. The van der Waals surface area contributed by atoms with Crippen molar-refractivity contribution < 1.29 is 4.79 Å². The molecule has 3 heterocycles. The Bertz CT molecular complexity index is 818. The predicted octanol–water partition coefficient (Wildman–Crippen LogP) is 0.999. The Morgan fingerprint density at radius 1 is 1.24 bits per heavy atom. The monoisotopic (exact) mass is 342 g/mol. The van der Waals surface area contributed by atoms with Crippen LogP contribution in [0.5, 0.6) is 0 Å². The van der Waals surface area contributed by atoms with Crippen molar-refractivity contribution in [1.82, 2.24) is 24.6 Å². The quantitative estimate of drug-likeness (QED) is 0.891. The van der Waals surface area contributed by atoms with Gasteiger partial charge < -0.3 is 0 Å². The zero-order valence-corrected chi connectivity index (χ0v) is 14.6. The van der Waals surface area contributed by atoms with Crippen LogP contribution in [0, 0.1) is 0 Å². The third-order valence-electron chi connectivity index (χ3n) is 4.35. The molecular weight excluding hydrogens is 320 g/mol. The van der Waals surface area contributed by atoms with E-state index in [1.165, 1.54) is 4.68 Å². The lowest BCUT2D eigenvalue weighted by Crippen LogP contribution is -2.45. The van der Waals surface area contributed by atoms with E-state index >= 15 is 0 Å². The molecule has 0 radical (unpaired) electrons. The standard InChI is InChI=1S/C17H22N6O2/c1-11(2)23-15(24)9-13-10-22(8-5-14(13)21-23)12(3)16(25)20-17-18-6-4-7-19-17/h4,6-7,9,11-12H,5,8,10H2,1-3H3,(H,18,19,20,25). The first kappa shape index (κ1) is 17.2. The van der Waals surface area contributed by atoms with Gasteiger partial charge in [-0.1, -0.05) is 0 Å². The number of hydrogen-bond acceptors (Lipinski definition) is 6. The number of nitrogens with zero attached hydrogens (tertiary/aromatic N) is 5. The second-order valence-corrected chi connectivity index (χ2v) is 6.45. The number of anilines is 1. The normalized spacial score (nSPS) is 15.7. The third kappa shape index (κ3) is 3.74. The van der Waals surface area contributed by atoms with Gasteiger partial charge in [0.05, 0.1) is 17.8 Å². The van der Waals surface area contributed by atoms with Crippen molar-refractivity contribution in [2.45, 2.75) is 45.8 Å². The number of carbonyl (C=O) groups is 1. The Labute approximate surface area is 145 Å². The number of aromatic nitrogens is 4. The highest BCUT2D eigenvalue weighted by atomic mass is 16.2. The van der Waals surface area contributed by atoms with E-state index in [0.29, 0.717) is 25.5 Å². The average molecular weight is 342 g/mol. The van der Waals surface area contributed by atoms with Gasteiger partial charge in [0.2, 0.25) is 11.9 Å². The Morgan fingerprint density at radius 3 is 2.64 bits per heavy atom. The van der Waals surface area contributed by atoms with E-state index < -0.39 is 0 Å². The molecule has 2 aromatic rings. The van der Waals surface area contributed by atoms with Crippen molar-refractivity contribution >= 4 is 11.9 Å². The summed E-state index contributed by atoms with van der Waals surface area (Å²) in [5.41, 5.74) is 1.72. The molecule has 0 aliphatic carbocycles. The molecule has 1 N–H and O–H groups in total. The number of nitrogens with one attached hydrogen (secondary N) is 1. The van der Waals surface area contributed by atoms with Gasteiger partial charge in [0, 0.05) is 38.0 Å². The first-order chi connectivity index (χ1) is 12.0. The van der Waals surface area contributed by atoms with Gasteiger partial charge in [0.15, 0.2) is 0 Å². The minimum Gasteiger partial charge on any atom is -0.293 e. The largest absolute Gasteiger partial charge is 0.293 e. The maximum atomic E-state index is 12.4. The van der Waals surface area contributed by atoms with Crippen LogP contribution >= 0.6 is 0 Å². The lowest BCUT2D eigenvalue weighted by molar-refractivity contribution is -0.121. The fraction of sp³-hybridized carbons (Fsp3) is 0.471. The van der Waals surface area contributed by atoms with Crippen LogP contribution in [0.4, 0.5) is 5.95 Å². The molecule has 3 rings (SSSR count). The Kier molecular flexibility index (Phi) is 4.89. The van der Waals surface area contributed by atoms with Gasteiger partial charge in [-0.05, 0) is 32.4 Å². The Morgan fingerprint density at radius 2 is 1.96 bits per heavy atom.